The molecule has 2 aromatic carbocycles. The molecule has 0 spiro atoms. The van der Waals surface area contributed by atoms with E-state index in [1.807, 2.05) is 102 Å². The van der Waals surface area contributed by atoms with Gasteiger partial charge in [-0.25, -0.2) is 5.48 Å². The number of benzene rings is 2. The van der Waals surface area contributed by atoms with E-state index < -0.39 is 54.1 Å². The molecular formula is C49H77N7O8. The molecule has 9 atom stereocenters. The van der Waals surface area contributed by atoms with E-state index in [1.165, 1.54) is 7.11 Å². The van der Waals surface area contributed by atoms with Gasteiger partial charge < -0.3 is 35.2 Å². The molecule has 2 aliphatic rings. The quantitative estimate of drug-likeness (QED) is 0.113. The summed E-state index contributed by atoms with van der Waals surface area (Å²) in [4.78, 5) is 81.7. The lowest BCUT2D eigenvalue weighted by molar-refractivity contribution is -0.148. The number of methoxy groups -OCH3 is 2. The van der Waals surface area contributed by atoms with Gasteiger partial charge >= 0.3 is 0 Å². The number of hydroxylamine groups is 1. The van der Waals surface area contributed by atoms with Crippen LogP contribution < -0.4 is 21.4 Å². The van der Waals surface area contributed by atoms with E-state index in [4.69, 9.17) is 14.3 Å². The number of nitrogens with zero attached hydrogens (tertiary/aromatic N) is 3. The average molecular weight is 892 g/mol. The zero-order valence-electron chi connectivity index (χ0n) is 40.0. The molecule has 0 aromatic heterocycles. The van der Waals surface area contributed by atoms with Crippen molar-refractivity contribution in [2.75, 3.05) is 54.0 Å². The molecule has 2 fully saturated rings. The third-order valence-corrected chi connectivity index (χ3v) is 13.1. The molecule has 64 heavy (non-hydrogen) atoms. The monoisotopic (exact) mass is 892 g/mol. The maximum Gasteiger partial charge on any atom is 0.266 e. The highest BCUT2D eigenvalue weighted by atomic mass is 16.7. The Kier molecular flexibility index (Phi) is 21.1. The van der Waals surface area contributed by atoms with Gasteiger partial charge in [-0.3, -0.25) is 33.7 Å². The van der Waals surface area contributed by atoms with Crippen molar-refractivity contribution >= 4 is 29.5 Å². The summed E-state index contributed by atoms with van der Waals surface area (Å²) in [6, 6.07) is 15.9. The lowest BCUT2D eigenvalue weighted by Gasteiger charge is -2.41. The first-order valence-electron chi connectivity index (χ1n) is 23.3. The minimum Gasteiger partial charge on any atom is -0.379 e. The first kappa shape index (κ1) is 52.2. The molecule has 5 amide bonds. The van der Waals surface area contributed by atoms with Crippen LogP contribution in [0.3, 0.4) is 0 Å². The number of nitrogens with one attached hydrogen (secondary N) is 4. The third kappa shape index (κ3) is 14.3. The second-order valence-corrected chi connectivity index (χ2v) is 18.3. The number of piperazine rings is 1. The first-order valence-corrected chi connectivity index (χ1v) is 23.3. The van der Waals surface area contributed by atoms with Crippen LogP contribution >= 0.6 is 0 Å². The number of carbonyl (C=O) groups is 5. The molecule has 0 bridgehead atoms. The SMILES string of the molecule is CC[C@H](C)[C@@H](C(CC(=O)N1CCC[C@H]1[C@H](OC)[C@@H](C)C(=O)N[C@@H](Cc1ccccc1)C(=O)NOCc1ccccc1)OC)N(C)C(=O)[C@@H](NC(=O)[C@H](C(C)C)N1CCNCC1)C(C)C. The Morgan fingerprint density at radius 1 is 0.797 bits per heavy atom. The summed E-state index contributed by atoms with van der Waals surface area (Å²) in [6.07, 6.45) is 0.953. The molecule has 0 saturated carbocycles. The second kappa shape index (κ2) is 25.9. The zero-order chi connectivity index (χ0) is 46.9. The van der Waals surface area contributed by atoms with Crippen LogP contribution in [0.5, 0.6) is 0 Å². The average Bonchev–Trinajstić information content (AvgIpc) is 3.78. The van der Waals surface area contributed by atoms with Crippen LogP contribution in [0.15, 0.2) is 60.7 Å². The summed E-state index contributed by atoms with van der Waals surface area (Å²) in [6.45, 7) is 17.5. The largest absolute Gasteiger partial charge is 0.379 e. The molecule has 15 nitrogen and oxygen atoms in total. The van der Waals surface area contributed by atoms with Crippen LogP contribution in [-0.2, 0) is 51.3 Å². The highest BCUT2D eigenvalue weighted by Gasteiger charge is 2.44. The third-order valence-electron chi connectivity index (χ3n) is 13.1. The standard InChI is InChI=1S/C49H77N7O8/c1-11-34(6)44(54(8)49(61)42(32(2)3)52-48(60)43(33(4)5)55-27-24-50-25-28-55)40(62-9)30-41(57)56-26-18-23-39(56)45(63-10)35(7)46(58)51-38(29-36-19-14-12-15-20-36)47(59)53-64-31-37-21-16-13-17-22-37/h12-17,19-22,32-35,38-40,42-45,50H,11,18,23-31H2,1-10H3,(H,51,58)(H,52,60)(H,53,59)/t34-,35+,38-,39-,40?,42-,43-,44-,45+/m0/s1. The molecule has 1 unspecified atom stereocenters. The minimum absolute atomic E-state index is 0.00390. The minimum atomic E-state index is -0.945. The van der Waals surface area contributed by atoms with E-state index in [-0.39, 0.29) is 61.0 Å². The number of carbonyl (C=O) groups excluding carboxylic acids is 5. The van der Waals surface area contributed by atoms with Gasteiger partial charge in [0.15, 0.2) is 0 Å². The summed E-state index contributed by atoms with van der Waals surface area (Å²) < 4.78 is 12.1. The molecule has 4 rings (SSSR count). The fraction of sp³-hybridized carbons (Fsp3) is 0.653. The van der Waals surface area contributed by atoms with Crippen LogP contribution in [0.1, 0.15) is 85.3 Å². The van der Waals surface area contributed by atoms with Crippen molar-refractivity contribution in [3.63, 3.8) is 0 Å². The highest BCUT2D eigenvalue weighted by molar-refractivity contribution is 5.90. The van der Waals surface area contributed by atoms with Gasteiger partial charge in [-0.05, 0) is 41.7 Å². The molecular weight excluding hydrogens is 815 g/mol. The number of likely N-dealkylation sites (N-methyl/N-ethyl adjacent to an activating group) is 1. The van der Waals surface area contributed by atoms with Crippen molar-refractivity contribution in [1.82, 2.24) is 36.1 Å². The Balaban J connectivity index is 1.47. The summed E-state index contributed by atoms with van der Waals surface area (Å²) >= 11 is 0. The summed E-state index contributed by atoms with van der Waals surface area (Å²) in [7, 11) is 4.85. The first-order chi connectivity index (χ1) is 30.6. The fourth-order valence-corrected chi connectivity index (χ4v) is 9.33. The van der Waals surface area contributed by atoms with Crippen molar-refractivity contribution in [1.29, 1.82) is 0 Å². The lowest BCUT2D eigenvalue weighted by atomic mass is 9.89. The molecule has 4 N–H and O–H groups in total. The lowest BCUT2D eigenvalue weighted by Crippen LogP contribution is -2.61. The number of hydrogen-bond donors (Lipinski definition) is 4. The molecule has 2 heterocycles. The van der Waals surface area contributed by atoms with Crippen LogP contribution in [0.2, 0.25) is 0 Å². The summed E-state index contributed by atoms with van der Waals surface area (Å²) in [5.41, 5.74) is 4.26. The molecule has 0 radical (unpaired) electrons. The topological polar surface area (TPSA) is 171 Å². The fourth-order valence-electron chi connectivity index (χ4n) is 9.33. The smallest absolute Gasteiger partial charge is 0.266 e. The number of likely N-dealkylation sites (tertiary alicyclic amines) is 1. The predicted molar refractivity (Wildman–Crippen MR) is 247 cm³/mol. The van der Waals surface area contributed by atoms with Crippen molar-refractivity contribution < 1.29 is 38.3 Å². The van der Waals surface area contributed by atoms with Gasteiger partial charge in [0, 0.05) is 60.4 Å². The van der Waals surface area contributed by atoms with E-state index in [1.54, 1.807) is 30.9 Å². The Morgan fingerprint density at radius 3 is 1.98 bits per heavy atom. The van der Waals surface area contributed by atoms with Gasteiger partial charge in [-0.1, -0.05) is 116 Å². The van der Waals surface area contributed by atoms with Gasteiger partial charge in [-0.15, -0.1) is 0 Å². The summed E-state index contributed by atoms with van der Waals surface area (Å²) in [5, 5.41) is 9.43. The maximum absolute atomic E-state index is 14.5. The Morgan fingerprint density at radius 2 is 1.42 bits per heavy atom. The number of rotatable bonds is 24. The van der Waals surface area contributed by atoms with Gasteiger partial charge in [0.25, 0.3) is 5.91 Å². The van der Waals surface area contributed by atoms with Crippen molar-refractivity contribution in [2.45, 2.75) is 130 Å². The second-order valence-electron chi connectivity index (χ2n) is 18.3. The van der Waals surface area contributed by atoms with Crippen molar-refractivity contribution in [3.8, 4) is 0 Å². The van der Waals surface area contributed by atoms with Gasteiger partial charge in [0.2, 0.25) is 23.6 Å². The molecule has 356 valence electrons. The maximum atomic E-state index is 14.5. The summed E-state index contributed by atoms with van der Waals surface area (Å²) in [5.74, 6) is -2.37. The van der Waals surface area contributed by atoms with Crippen LogP contribution in [-0.4, -0.2) is 141 Å². The van der Waals surface area contributed by atoms with Crippen LogP contribution in [0.4, 0.5) is 0 Å². The molecule has 15 heteroatoms. The Hall–Kier alpha value is -4.41. The zero-order valence-corrected chi connectivity index (χ0v) is 40.0. The van der Waals surface area contributed by atoms with E-state index in [2.05, 4.69) is 26.3 Å². The normalized spacial score (nSPS) is 19.5. The Bertz CT molecular complexity index is 1760. The molecule has 0 aliphatic carbocycles. The van der Waals surface area contributed by atoms with Gasteiger partial charge in [0.05, 0.1) is 49.3 Å². The van der Waals surface area contributed by atoms with Gasteiger partial charge in [0.1, 0.15) is 12.1 Å². The van der Waals surface area contributed by atoms with Crippen LogP contribution in [0, 0.1) is 23.7 Å². The van der Waals surface area contributed by atoms with E-state index in [9.17, 15) is 24.0 Å². The van der Waals surface area contributed by atoms with Crippen LogP contribution in [0.25, 0.3) is 0 Å². The highest BCUT2D eigenvalue weighted by Crippen LogP contribution is 2.30. The molecule has 2 aliphatic heterocycles. The molecule has 2 aromatic rings. The number of ether oxygens (including phenoxy) is 2. The van der Waals surface area contributed by atoms with E-state index in [0.717, 1.165) is 43.7 Å². The van der Waals surface area contributed by atoms with E-state index in [0.29, 0.717) is 19.4 Å². The van der Waals surface area contributed by atoms with E-state index >= 15 is 0 Å². The Labute approximate surface area is 382 Å². The number of amides is 5. The van der Waals surface area contributed by atoms with Gasteiger partial charge in [-0.2, -0.15) is 0 Å². The molecule has 2 saturated heterocycles. The van der Waals surface area contributed by atoms with Crippen molar-refractivity contribution in [3.05, 3.63) is 71.8 Å². The number of hydrogen-bond acceptors (Lipinski definition) is 10. The predicted octanol–water partition coefficient (Wildman–Crippen LogP) is 3.95. The van der Waals surface area contributed by atoms with Crippen molar-refractivity contribution in [2.24, 2.45) is 23.7 Å².